The van der Waals surface area contributed by atoms with Crippen molar-refractivity contribution in [2.45, 2.75) is 6.92 Å². The number of benzene rings is 2. The molecule has 0 unspecified atom stereocenters. The van der Waals surface area contributed by atoms with Crippen LogP contribution in [0.4, 0.5) is 5.69 Å². The molecule has 0 saturated carbocycles. The third-order valence-electron chi connectivity index (χ3n) is 2.70. The van der Waals surface area contributed by atoms with Crippen LogP contribution in [-0.4, -0.2) is 10.9 Å². The van der Waals surface area contributed by atoms with Gasteiger partial charge in [0.25, 0.3) is 5.69 Å². The van der Waals surface area contributed by atoms with Crippen molar-refractivity contribution in [3.05, 3.63) is 67.1 Å². The van der Waals surface area contributed by atoms with E-state index in [4.69, 9.17) is 16.3 Å². The van der Waals surface area contributed by atoms with Gasteiger partial charge < -0.3 is 4.74 Å². The number of rotatable bonds is 3. The summed E-state index contributed by atoms with van der Waals surface area (Å²) in [5.41, 5.74) is 0.813. The topological polar surface area (TPSA) is 69.4 Å². The molecular weight excluding hydrogens is 362 g/mol. The molecule has 2 aromatic carbocycles. The molecule has 0 fully saturated rings. The number of nitro benzene ring substituents is 1. The summed E-state index contributed by atoms with van der Waals surface area (Å²) >= 11 is 9.33. The van der Waals surface area contributed by atoms with Crippen LogP contribution in [0.15, 0.2) is 40.9 Å². The maximum atomic E-state index is 12.0. The molecule has 21 heavy (non-hydrogen) atoms. The maximum Gasteiger partial charge on any atom is 0.343 e. The van der Waals surface area contributed by atoms with E-state index < -0.39 is 10.9 Å². The highest BCUT2D eigenvalue weighted by Crippen LogP contribution is 2.32. The Hall–Kier alpha value is -1.92. The first kappa shape index (κ1) is 15.5. The van der Waals surface area contributed by atoms with Crippen LogP contribution >= 0.6 is 27.5 Å². The van der Waals surface area contributed by atoms with Crippen molar-refractivity contribution >= 4 is 39.2 Å². The van der Waals surface area contributed by atoms with Crippen LogP contribution in [0.25, 0.3) is 0 Å². The first-order chi connectivity index (χ1) is 9.88. The van der Waals surface area contributed by atoms with Crippen molar-refractivity contribution in [1.82, 2.24) is 0 Å². The fourth-order valence-electron chi connectivity index (χ4n) is 1.69. The normalized spacial score (nSPS) is 10.2. The lowest BCUT2D eigenvalue weighted by molar-refractivity contribution is -0.384. The maximum absolute atomic E-state index is 12.0. The Balaban J connectivity index is 2.24. The molecule has 0 amide bonds. The first-order valence-corrected chi connectivity index (χ1v) is 6.98. The Morgan fingerprint density at radius 3 is 2.43 bits per heavy atom. The van der Waals surface area contributed by atoms with Crippen LogP contribution in [0.3, 0.4) is 0 Å². The molecular formula is C14H9BrClNO4. The Morgan fingerprint density at radius 2 is 1.90 bits per heavy atom. The molecule has 7 heteroatoms. The molecule has 0 spiro atoms. The largest absolute Gasteiger partial charge is 0.421 e. The molecule has 0 radical (unpaired) electrons. The van der Waals surface area contributed by atoms with Crippen molar-refractivity contribution in [1.29, 1.82) is 0 Å². The zero-order valence-electron chi connectivity index (χ0n) is 10.8. The monoisotopic (exact) mass is 369 g/mol. The number of non-ortho nitro benzene ring substituents is 1. The lowest BCUT2D eigenvalue weighted by atomic mass is 10.2. The molecule has 5 nitrogen and oxygen atoms in total. The molecule has 0 saturated heterocycles. The number of halogens is 2. The van der Waals surface area contributed by atoms with Crippen LogP contribution < -0.4 is 4.74 Å². The van der Waals surface area contributed by atoms with Crippen LogP contribution in [0.2, 0.25) is 5.02 Å². The number of hydrogen-bond donors (Lipinski definition) is 0. The minimum atomic E-state index is -0.628. The van der Waals surface area contributed by atoms with Gasteiger partial charge in [0, 0.05) is 16.6 Å². The van der Waals surface area contributed by atoms with E-state index in [1.165, 1.54) is 24.3 Å². The number of aryl methyl sites for hydroxylation is 1. The molecule has 0 aliphatic carbocycles. The Kier molecular flexibility index (Phi) is 4.59. The summed E-state index contributed by atoms with van der Waals surface area (Å²) in [6.45, 7) is 1.76. The molecule has 0 atom stereocenters. The van der Waals surface area contributed by atoms with Gasteiger partial charge in [-0.3, -0.25) is 10.1 Å². The van der Waals surface area contributed by atoms with E-state index in [0.29, 0.717) is 10.6 Å². The van der Waals surface area contributed by atoms with Gasteiger partial charge in [-0.2, -0.15) is 0 Å². The smallest absolute Gasteiger partial charge is 0.343 e. The van der Waals surface area contributed by atoms with E-state index in [9.17, 15) is 14.9 Å². The molecule has 0 N–H and O–H groups in total. The Labute approximate surface area is 133 Å². The van der Waals surface area contributed by atoms with Gasteiger partial charge in [0.15, 0.2) is 5.75 Å². The lowest BCUT2D eigenvalue weighted by Gasteiger charge is -2.09. The summed E-state index contributed by atoms with van der Waals surface area (Å²) < 4.78 is 6.03. The van der Waals surface area contributed by atoms with E-state index in [1.54, 1.807) is 19.1 Å². The number of nitrogens with zero attached hydrogens (tertiary/aromatic N) is 1. The van der Waals surface area contributed by atoms with Crippen molar-refractivity contribution < 1.29 is 14.5 Å². The van der Waals surface area contributed by atoms with Crippen molar-refractivity contribution in [3.63, 3.8) is 0 Å². The minimum Gasteiger partial charge on any atom is -0.421 e. The summed E-state index contributed by atoms with van der Waals surface area (Å²) in [6.07, 6.45) is 0. The highest BCUT2D eigenvalue weighted by atomic mass is 79.9. The predicted molar refractivity (Wildman–Crippen MR) is 81.9 cm³/mol. The Morgan fingerprint density at radius 1 is 1.29 bits per heavy atom. The molecule has 0 heterocycles. The molecule has 0 aliphatic rings. The highest BCUT2D eigenvalue weighted by molar-refractivity contribution is 9.10. The van der Waals surface area contributed by atoms with Crippen molar-refractivity contribution in [3.8, 4) is 5.75 Å². The van der Waals surface area contributed by atoms with Gasteiger partial charge in [0.1, 0.15) is 0 Å². The summed E-state index contributed by atoms with van der Waals surface area (Å²) in [6, 6.07) is 8.54. The zero-order chi connectivity index (χ0) is 15.6. The fourth-order valence-corrected chi connectivity index (χ4v) is 2.70. The lowest BCUT2D eigenvalue weighted by Crippen LogP contribution is -2.09. The standard InChI is InChI=1S/C14H9BrClNO4/c1-8-6-10(15)7-12(16)13(8)21-14(18)9-2-4-11(5-3-9)17(19)20/h2-7H,1H3. The highest BCUT2D eigenvalue weighted by Gasteiger charge is 2.15. The third-order valence-corrected chi connectivity index (χ3v) is 3.44. The summed E-state index contributed by atoms with van der Waals surface area (Å²) in [7, 11) is 0. The van der Waals surface area contributed by atoms with Crippen LogP contribution in [0.1, 0.15) is 15.9 Å². The molecule has 108 valence electrons. The second-order valence-corrected chi connectivity index (χ2v) is 5.55. The van der Waals surface area contributed by atoms with Crippen molar-refractivity contribution in [2.24, 2.45) is 0 Å². The molecule has 2 rings (SSSR count). The third kappa shape index (κ3) is 3.59. The summed E-state index contributed by atoms with van der Waals surface area (Å²) in [5.74, 6) is -0.361. The number of esters is 1. The van der Waals surface area contributed by atoms with Crippen LogP contribution in [0, 0.1) is 17.0 Å². The van der Waals surface area contributed by atoms with Crippen LogP contribution in [0.5, 0.6) is 5.75 Å². The summed E-state index contributed by atoms with van der Waals surface area (Å²) in [5, 5.41) is 10.9. The van der Waals surface area contributed by atoms with E-state index in [2.05, 4.69) is 15.9 Å². The molecule has 0 aromatic heterocycles. The van der Waals surface area contributed by atoms with E-state index in [-0.39, 0.29) is 17.0 Å². The average molecular weight is 371 g/mol. The number of carbonyl (C=O) groups excluding carboxylic acids is 1. The van der Waals surface area contributed by atoms with Gasteiger partial charge in [0.05, 0.1) is 15.5 Å². The molecule has 2 aromatic rings. The van der Waals surface area contributed by atoms with Gasteiger partial charge in [0.2, 0.25) is 0 Å². The summed E-state index contributed by atoms with van der Waals surface area (Å²) in [4.78, 5) is 22.0. The number of ether oxygens (including phenoxy) is 1. The second kappa shape index (κ2) is 6.24. The predicted octanol–water partition coefficient (Wildman–Crippen LogP) is 4.54. The van der Waals surface area contributed by atoms with Gasteiger partial charge in [-0.15, -0.1) is 0 Å². The van der Waals surface area contributed by atoms with Gasteiger partial charge in [-0.25, -0.2) is 4.79 Å². The quantitative estimate of drug-likeness (QED) is 0.344. The first-order valence-electron chi connectivity index (χ1n) is 5.81. The van der Waals surface area contributed by atoms with E-state index >= 15 is 0 Å². The van der Waals surface area contributed by atoms with E-state index in [0.717, 1.165) is 4.47 Å². The van der Waals surface area contributed by atoms with Gasteiger partial charge in [-0.1, -0.05) is 27.5 Å². The minimum absolute atomic E-state index is 0.0931. The number of nitro groups is 1. The van der Waals surface area contributed by atoms with Gasteiger partial charge in [-0.05, 0) is 36.8 Å². The Bertz CT molecular complexity index is 692. The zero-order valence-corrected chi connectivity index (χ0v) is 13.1. The second-order valence-electron chi connectivity index (χ2n) is 4.23. The van der Waals surface area contributed by atoms with Gasteiger partial charge >= 0.3 is 5.97 Å². The van der Waals surface area contributed by atoms with Crippen LogP contribution in [-0.2, 0) is 0 Å². The fraction of sp³-hybridized carbons (Fsp3) is 0.0714. The number of hydrogen-bond acceptors (Lipinski definition) is 4. The molecule has 0 aliphatic heterocycles. The van der Waals surface area contributed by atoms with E-state index in [1.807, 2.05) is 0 Å². The number of carbonyl (C=O) groups is 1. The van der Waals surface area contributed by atoms with Crippen molar-refractivity contribution in [2.75, 3.05) is 0 Å². The molecule has 0 bridgehead atoms. The average Bonchev–Trinajstić information content (AvgIpc) is 2.42. The SMILES string of the molecule is Cc1cc(Br)cc(Cl)c1OC(=O)c1ccc([N+](=O)[O-])cc1.